The Bertz CT molecular complexity index is 664. The van der Waals surface area contributed by atoms with Crippen molar-refractivity contribution in [3.8, 4) is 0 Å². The smallest absolute Gasteiger partial charge is 0.336 e. The molecule has 0 heterocycles. The lowest BCUT2D eigenvalue weighted by Crippen LogP contribution is -2.66. The van der Waals surface area contributed by atoms with Crippen molar-refractivity contribution >= 4 is 28.9 Å². The fraction of sp³-hybridized carbons (Fsp3) is 1.00. The van der Waals surface area contributed by atoms with Gasteiger partial charge in [-0.25, -0.2) is 0 Å². The summed E-state index contributed by atoms with van der Waals surface area (Å²) in [5.74, 6) is 0. The predicted molar refractivity (Wildman–Crippen MR) is 203 cm³/mol. The molecule has 0 aliphatic heterocycles. The quantitative estimate of drug-likeness (QED) is 0.0611. The van der Waals surface area contributed by atoms with E-state index in [4.69, 9.17) is 17.7 Å². The predicted octanol–water partition coefficient (Wildman–Crippen LogP) is 7.55. The Balaban J connectivity index is 7.97. The molecule has 0 aliphatic carbocycles. The van der Waals surface area contributed by atoms with E-state index in [1.54, 1.807) is 0 Å². The number of hydrogen-bond acceptors (Lipinski definition) is 9. The van der Waals surface area contributed by atoms with Gasteiger partial charge in [-0.05, 0) is 107 Å². The highest BCUT2D eigenvalue weighted by Gasteiger charge is 2.56. The third-order valence-electron chi connectivity index (χ3n) is 9.33. The van der Waals surface area contributed by atoms with Gasteiger partial charge in [-0.1, -0.05) is 55.4 Å². The summed E-state index contributed by atoms with van der Waals surface area (Å²) in [6.45, 7) is 47.2. The lowest BCUT2D eigenvalue weighted by Gasteiger charge is -2.57. The Labute approximate surface area is 288 Å². The van der Waals surface area contributed by atoms with E-state index in [1.807, 2.05) is 0 Å². The van der Waals surface area contributed by atoms with Gasteiger partial charge >= 0.3 is 17.1 Å². The maximum Gasteiger partial charge on any atom is 0.336 e. The molecule has 0 fully saturated rings. The highest BCUT2D eigenvalue weighted by molar-refractivity contribution is 8.02. The van der Waals surface area contributed by atoms with Gasteiger partial charge in [0.1, 0.15) is 0 Å². The molecule has 0 aromatic heterocycles. The van der Waals surface area contributed by atoms with Crippen molar-refractivity contribution in [2.24, 2.45) is 0 Å². The maximum atomic E-state index is 6.65. The largest absolute Gasteiger partial charge is 0.395 e. The molecule has 0 saturated carbocycles. The van der Waals surface area contributed by atoms with E-state index in [-0.39, 0.29) is 21.8 Å². The van der Waals surface area contributed by atoms with Gasteiger partial charge in [-0.3, -0.25) is 19.6 Å². The van der Waals surface area contributed by atoms with Crippen molar-refractivity contribution in [1.29, 1.82) is 0 Å². The van der Waals surface area contributed by atoms with Crippen LogP contribution >= 0.6 is 11.8 Å². The van der Waals surface area contributed by atoms with E-state index in [1.165, 1.54) is 0 Å². The summed E-state index contributed by atoms with van der Waals surface area (Å²) in [6, 6.07) is 1.79. The number of thioether (sulfide) groups is 1. The first-order valence-electron chi connectivity index (χ1n) is 18.4. The molecule has 0 bridgehead atoms. The minimum Gasteiger partial charge on any atom is -0.395 e. The molecule has 8 nitrogen and oxygen atoms in total. The first-order chi connectivity index (χ1) is 21.2. The van der Waals surface area contributed by atoms with Crippen molar-refractivity contribution in [2.75, 3.05) is 78.8 Å². The van der Waals surface area contributed by atoms with Crippen LogP contribution in [0.5, 0.6) is 0 Å². The van der Waals surface area contributed by atoms with Gasteiger partial charge in [0.05, 0.1) is 12.3 Å². The first-order valence-corrected chi connectivity index (χ1v) is 24.3. The summed E-state index contributed by atoms with van der Waals surface area (Å²) >= 11 is 2.19. The van der Waals surface area contributed by atoms with Crippen LogP contribution in [-0.4, -0.2) is 137 Å². The Hall–Kier alpha value is 0.464. The van der Waals surface area contributed by atoms with Crippen molar-refractivity contribution < 1.29 is 17.7 Å². The zero-order valence-corrected chi connectivity index (χ0v) is 35.7. The Morgan fingerprint density at radius 1 is 0.444 bits per heavy atom. The Kier molecular flexibility index (Phi) is 22.5. The van der Waals surface area contributed by atoms with Crippen LogP contribution in [0.25, 0.3) is 0 Å². The third kappa shape index (κ3) is 13.0. The van der Waals surface area contributed by atoms with Gasteiger partial charge < -0.3 is 17.7 Å². The summed E-state index contributed by atoms with van der Waals surface area (Å²) in [5, 5.41) is 0. The zero-order chi connectivity index (χ0) is 34.9. The highest BCUT2D eigenvalue weighted by Crippen LogP contribution is 2.52. The Morgan fingerprint density at radius 3 is 0.800 bits per heavy atom. The number of hydrogen-bond donors (Lipinski definition) is 0. The van der Waals surface area contributed by atoms with Gasteiger partial charge in [-0.15, -0.1) is 11.8 Å². The highest BCUT2D eigenvalue weighted by atomic mass is 32.2. The molecule has 0 aliphatic rings. The number of nitrogens with zero attached hydrogens (tertiary/aromatic N) is 4. The average Bonchev–Trinajstić information content (AvgIpc) is 2.97. The molecule has 2 unspecified atom stereocenters. The summed E-state index contributed by atoms with van der Waals surface area (Å²) in [7, 11) is -5.11. The molecule has 0 N–H and O–H groups in total. The molecular formula is C34H78N4O4SSi2. The van der Waals surface area contributed by atoms with Gasteiger partial charge in [0, 0.05) is 48.0 Å². The third-order valence-corrected chi connectivity index (χ3v) is 17.8. The van der Waals surface area contributed by atoms with Crippen LogP contribution in [-0.2, 0) is 17.7 Å². The van der Waals surface area contributed by atoms with E-state index in [9.17, 15) is 0 Å². The van der Waals surface area contributed by atoms with Gasteiger partial charge in [-0.2, -0.15) is 0 Å². The maximum absolute atomic E-state index is 6.65. The molecule has 0 spiro atoms. The van der Waals surface area contributed by atoms with Crippen LogP contribution in [0.2, 0.25) is 25.2 Å². The molecule has 272 valence electrons. The Morgan fingerprint density at radius 2 is 0.644 bits per heavy atom. The lowest BCUT2D eigenvalue weighted by atomic mass is 10.0. The van der Waals surface area contributed by atoms with Crippen molar-refractivity contribution in [3.63, 3.8) is 0 Å². The molecule has 11 heteroatoms. The van der Waals surface area contributed by atoms with Gasteiger partial charge in [0.15, 0.2) is 0 Å². The van der Waals surface area contributed by atoms with E-state index < -0.39 is 17.1 Å². The average molecular weight is 695 g/mol. The second kappa shape index (κ2) is 22.2. The molecular weight excluding hydrogens is 617 g/mol. The SMILES string of the molecule is CCO[Si](C)(CC(C)(SC(C)(C[Si](C)(OCC)OCC)C(N(CC)CC)N(CC)CC)C(N(CC)CC)N(CC)CC)OCC. The molecule has 0 rings (SSSR count). The number of rotatable bonds is 28. The van der Waals surface area contributed by atoms with Crippen molar-refractivity contribution in [3.05, 3.63) is 0 Å². The summed E-state index contributed by atoms with van der Waals surface area (Å²) in [5.41, 5.74) is 0. The van der Waals surface area contributed by atoms with E-state index >= 15 is 0 Å². The van der Waals surface area contributed by atoms with E-state index in [0.29, 0.717) is 26.4 Å². The van der Waals surface area contributed by atoms with Crippen LogP contribution in [0.4, 0.5) is 0 Å². The van der Waals surface area contributed by atoms with Crippen LogP contribution < -0.4 is 0 Å². The standard InChI is InChI=1S/C34H78N4O4SSi2/c1-17-35(18-2)31(36(19-3)20-4)33(13,29-44(15,39-25-9)40-26-10)43-34(14,30-45(16,41-27-11)42-28-12)32(37(21-5)22-6)38(23-7)24-8/h31-32H,17-30H2,1-16H3. The van der Waals surface area contributed by atoms with Crippen LogP contribution in [0.15, 0.2) is 0 Å². The monoisotopic (exact) mass is 695 g/mol. The minimum absolute atomic E-state index is 0.209. The van der Waals surface area contributed by atoms with Crippen LogP contribution in [0.1, 0.15) is 96.9 Å². The van der Waals surface area contributed by atoms with Crippen LogP contribution in [0, 0.1) is 0 Å². The van der Waals surface area contributed by atoms with Gasteiger partial charge in [0.2, 0.25) is 0 Å². The van der Waals surface area contributed by atoms with Gasteiger partial charge in [0.25, 0.3) is 0 Å². The second-order valence-electron chi connectivity index (χ2n) is 12.7. The molecule has 2 atom stereocenters. The lowest BCUT2D eigenvalue weighted by molar-refractivity contribution is 0.0217. The molecule has 45 heavy (non-hydrogen) atoms. The summed E-state index contributed by atoms with van der Waals surface area (Å²) < 4.78 is 26.2. The van der Waals surface area contributed by atoms with Crippen LogP contribution in [0.3, 0.4) is 0 Å². The van der Waals surface area contributed by atoms with E-state index in [0.717, 1.165) is 64.4 Å². The normalized spacial score (nSPS) is 16.1. The van der Waals surface area contributed by atoms with Crippen molar-refractivity contribution in [2.45, 2.75) is 144 Å². The fourth-order valence-corrected chi connectivity index (χ4v) is 17.9. The summed E-state index contributed by atoms with van der Waals surface area (Å²) in [4.78, 5) is 10.7. The molecule has 0 saturated heterocycles. The summed E-state index contributed by atoms with van der Waals surface area (Å²) in [6.07, 6.45) is 0.418. The molecule has 0 radical (unpaired) electrons. The first kappa shape index (κ1) is 45.5. The topological polar surface area (TPSA) is 49.9 Å². The fourth-order valence-electron chi connectivity index (χ4n) is 7.96. The zero-order valence-electron chi connectivity index (χ0n) is 32.9. The molecule has 0 aromatic carbocycles. The van der Waals surface area contributed by atoms with E-state index in [2.05, 4.69) is 141 Å². The second-order valence-corrected chi connectivity index (χ2v) is 21.2. The van der Waals surface area contributed by atoms with Crippen molar-refractivity contribution in [1.82, 2.24) is 19.6 Å². The minimum atomic E-state index is -2.55. The molecule has 0 amide bonds. The molecule has 0 aromatic rings.